The van der Waals surface area contributed by atoms with E-state index < -0.39 is 0 Å². The number of hydrogen-bond donors (Lipinski definition) is 0. The van der Waals surface area contributed by atoms with Gasteiger partial charge in [-0.2, -0.15) is 0 Å². The summed E-state index contributed by atoms with van der Waals surface area (Å²) in [5.74, 6) is 1.74. The first-order valence-corrected chi connectivity index (χ1v) is 10.8. The van der Waals surface area contributed by atoms with Gasteiger partial charge in [0, 0.05) is 21.7 Å². The predicted molar refractivity (Wildman–Crippen MR) is 126 cm³/mol. The van der Waals surface area contributed by atoms with Crippen LogP contribution in [0.5, 0.6) is 11.5 Å². The molecule has 5 heteroatoms. The highest BCUT2D eigenvalue weighted by Crippen LogP contribution is 2.46. The van der Waals surface area contributed by atoms with Gasteiger partial charge in [-0.25, -0.2) is 0 Å². The Kier molecular flexibility index (Phi) is 7.18. The molecule has 0 saturated carbocycles. The van der Waals surface area contributed by atoms with E-state index in [1.807, 2.05) is 42.5 Å². The van der Waals surface area contributed by atoms with Crippen molar-refractivity contribution in [3.63, 3.8) is 0 Å². The number of anilines is 1. The van der Waals surface area contributed by atoms with Gasteiger partial charge in [0.25, 0.3) is 0 Å². The van der Waals surface area contributed by atoms with Crippen molar-refractivity contribution in [1.29, 1.82) is 0 Å². The number of rotatable bonds is 7. The molecule has 3 rings (SSSR count). The molecule has 0 radical (unpaired) electrons. The van der Waals surface area contributed by atoms with Gasteiger partial charge in [-0.15, -0.1) is 0 Å². The van der Waals surface area contributed by atoms with E-state index in [1.54, 1.807) is 37.7 Å². The van der Waals surface area contributed by atoms with E-state index in [0.717, 1.165) is 21.3 Å². The zero-order chi connectivity index (χ0) is 20.8. The Balaban J connectivity index is 1.58. The van der Waals surface area contributed by atoms with Crippen molar-refractivity contribution in [2.75, 3.05) is 26.2 Å². The Hall–Kier alpha value is -2.50. The lowest BCUT2D eigenvalue weighted by molar-refractivity contribution is 0.413. The minimum absolute atomic E-state index is 0.859. The fraction of sp³-hybridized carbons (Fsp3) is 0.167. The molecule has 0 bridgehead atoms. The number of fused-ring (bicyclic) bond motifs is 1. The maximum atomic E-state index is 5.32. The van der Waals surface area contributed by atoms with Crippen LogP contribution in [0.4, 0.5) is 5.69 Å². The zero-order valence-corrected chi connectivity index (χ0v) is 18.8. The smallest absolute Gasteiger partial charge is 0.120 e. The SMILES string of the molecule is C=C(/C=C/C=C/C=C1\Sc2cc(OC)ccc2N1C)Sc1cc(OC)ccc1C. The molecule has 150 valence electrons. The van der Waals surface area contributed by atoms with E-state index in [4.69, 9.17) is 9.47 Å². The van der Waals surface area contributed by atoms with Gasteiger partial charge in [-0.1, -0.05) is 54.4 Å². The summed E-state index contributed by atoms with van der Waals surface area (Å²) in [6, 6.07) is 12.2. The number of methoxy groups -OCH3 is 2. The van der Waals surface area contributed by atoms with E-state index in [-0.39, 0.29) is 0 Å². The molecule has 0 saturated heterocycles. The summed E-state index contributed by atoms with van der Waals surface area (Å²) in [6.45, 7) is 6.23. The number of hydrogen-bond acceptors (Lipinski definition) is 5. The first-order chi connectivity index (χ1) is 14.0. The summed E-state index contributed by atoms with van der Waals surface area (Å²) < 4.78 is 10.6. The number of allylic oxidation sites excluding steroid dienone is 5. The average Bonchev–Trinajstić information content (AvgIpc) is 3.04. The van der Waals surface area contributed by atoms with Gasteiger partial charge in [0.1, 0.15) is 11.5 Å². The number of benzene rings is 2. The number of nitrogens with zero attached hydrogens (tertiary/aromatic N) is 1. The Bertz CT molecular complexity index is 992. The van der Waals surface area contributed by atoms with Crippen LogP contribution in [0.25, 0.3) is 0 Å². The van der Waals surface area contributed by atoms with E-state index in [2.05, 4.69) is 49.7 Å². The highest BCUT2D eigenvalue weighted by Gasteiger charge is 2.21. The van der Waals surface area contributed by atoms with Crippen LogP contribution in [0.1, 0.15) is 5.56 Å². The number of aryl methyl sites for hydroxylation is 1. The Morgan fingerprint density at radius 3 is 2.52 bits per heavy atom. The van der Waals surface area contributed by atoms with Gasteiger partial charge in [-0.05, 0) is 55.0 Å². The molecule has 0 fully saturated rings. The van der Waals surface area contributed by atoms with Crippen LogP contribution in [0.15, 0.2) is 93.1 Å². The first kappa shape index (κ1) is 21.2. The van der Waals surface area contributed by atoms with Crippen molar-refractivity contribution in [2.45, 2.75) is 16.7 Å². The van der Waals surface area contributed by atoms with E-state index in [9.17, 15) is 0 Å². The minimum atomic E-state index is 0.859. The zero-order valence-electron chi connectivity index (χ0n) is 17.1. The van der Waals surface area contributed by atoms with Crippen molar-refractivity contribution in [3.8, 4) is 11.5 Å². The largest absolute Gasteiger partial charge is 0.497 e. The van der Waals surface area contributed by atoms with Gasteiger partial charge >= 0.3 is 0 Å². The Morgan fingerprint density at radius 1 is 1.03 bits per heavy atom. The number of thioether (sulfide) groups is 2. The summed E-state index contributed by atoms with van der Waals surface area (Å²) in [4.78, 5) is 5.53. The molecule has 0 N–H and O–H groups in total. The predicted octanol–water partition coefficient (Wildman–Crippen LogP) is 6.81. The molecule has 29 heavy (non-hydrogen) atoms. The number of ether oxygens (including phenoxy) is 2. The molecule has 2 aromatic carbocycles. The Labute approximate surface area is 181 Å². The van der Waals surface area contributed by atoms with Crippen LogP contribution in [-0.2, 0) is 0 Å². The van der Waals surface area contributed by atoms with Gasteiger partial charge in [-0.3, -0.25) is 0 Å². The third-order valence-electron chi connectivity index (χ3n) is 4.45. The monoisotopic (exact) mass is 423 g/mol. The van der Waals surface area contributed by atoms with E-state index >= 15 is 0 Å². The fourth-order valence-corrected chi connectivity index (χ4v) is 4.71. The molecule has 1 aliphatic heterocycles. The van der Waals surface area contributed by atoms with Crippen LogP contribution in [0.3, 0.4) is 0 Å². The molecule has 2 aromatic rings. The summed E-state index contributed by atoms with van der Waals surface area (Å²) in [7, 11) is 5.45. The van der Waals surface area contributed by atoms with Crippen LogP contribution < -0.4 is 14.4 Å². The second kappa shape index (κ2) is 9.81. The summed E-state index contributed by atoms with van der Waals surface area (Å²) in [6.07, 6.45) is 10.2. The second-order valence-electron chi connectivity index (χ2n) is 6.44. The molecule has 0 spiro atoms. The minimum Gasteiger partial charge on any atom is -0.497 e. The fourth-order valence-electron chi connectivity index (χ4n) is 2.78. The third-order valence-corrected chi connectivity index (χ3v) is 6.68. The highest BCUT2D eigenvalue weighted by atomic mass is 32.2. The molecular weight excluding hydrogens is 398 g/mol. The van der Waals surface area contributed by atoms with Crippen LogP contribution in [0, 0.1) is 6.92 Å². The van der Waals surface area contributed by atoms with Crippen molar-refractivity contribution < 1.29 is 9.47 Å². The third kappa shape index (κ3) is 5.31. The standard InChI is InChI=1S/C24H25NO2S2/c1-17-11-12-19(26-4)15-22(17)28-18(2)9-7-6-8-10-24-25(3)21-14-13-20(27-5)16-23(21)29-24/h6-16H,2H2,1,3-5H3/b8-6+,9-7+,24-10-. The molecule has 0 aliphatic carbocycles. The van der Waals surface area contributed by atoms with E-state index in [0.29, 0.717) is 0 Å². The lowest BCUT2D eigenvalue weighted by atomic mass is 10.2. The molecule has 0 aromatic heterocycles. The maximum Gasteiger partial charge on any atom is 0.120 e. The normalized spacial score (nSPS) is 14.8. The summed E-state index contributed by atoms with van der Waals surface area (Å²) in [5.41, 5.74) is 2.41. The van der Waals surface area contributed by atoms with Crippen LogP contribution in [0.2, 0.25) is 0 Å². The molecule has 1 aliphatic rings. The second-order valence-corrected chi connectivity index (χ2v) is 8.67. The highest BCUT2D eigenvalue weighted by molar-refractivity contribution is 8.03. The van der Waals surface area contributed by atoms with Crippen molar-refractivity contribution in [2.24, 2.45) is 0 Å². The van der Waals surface area contributed by atoms with E-state index in [1.165, 1.54) is 21.2 Å². The lowest BCUT2D eigenvalue weighted by Crippen LogP contribution is -2.08. The van der Waals surface area contributed by atoms with Crippen LogP contribution in [-0.4, -0.2) is 21.3 Å². The molecule has 0 unspecified atom stereocenters. The van der Waals surface area contributed by atoms with Gasteiger partial charge < -0.3 is 14.4 Å². The lowest BCUT2D eigenvalue weighted by Gasteiger charge is -2.12. The molecule has 3 nitrogen and oxygen atoms in total. The molecule has 1 heterocycles. The van der Waals surface area contributed by atoms with Gasteiger partial charge in [0.05, 0.1) is 24.9 Å². The maximum absolute atomic E-state index is 5.32. The molecular formula is C24H25NO2S2. The quantitative estimate of drug-likeness (QED) is 0.359. The first-order valence-electron chi connectivity index (χ1n) is 9.18. The summed E-state index contributed by atoms with van der Waals surface area (Å²) in [5, 5.41) is 1.18. The summed E-state index contributed by atoms with van der Waals surface area (Å²) >= 11 is 3.39. The Morgan fingerprint density at radius 2 is 1.76 bits per heavy atom. The topological polar surface area (TPSA) is 21.7 Å². The molecule has 0 amide bonds. The molecule has 0 atom stereocenters. The van der Waals surface area contributed by atoms with Crippen molar-refractivity contribution >= 4 is 29.2 Å². The van der Waals surface area contributed by atoms with Crippen LogP contribution >= 0.6 is 23.5 Å². The van der Waals surface area contributed by atoms with Gasteiger partial charge in [0.2, 0.25) is 0 Å². The van der Waals surface area contributed by atoms with Crippen molar-refractivity contribution in [3.05, 3.63) is 88.9 Å². The van der Waals surface area contributed by atoms with Crippen molar-refractivity contribution in [1.82, 2.24) is 0 Å². The average molecular weight is 424 g/mol. The van der Waals surface area contributed by atoms with Gasteiger partial charge in [0.15, 0.2) is 0 Å².